The van der Waals surface area contributed by atoms with E-state index in [0.29, 0.717) is 23.4 Å². The van der Waals surface area contributed by atoms with Crippen molar-refractivity contribution in [1.29, 1.82) is 0 Å². The molecule has 1 aliphatic heterocycles. The van der Waals surface area contributed by atoms with Crippen molar-refractivity contribution < 1.29 is 23.2 Å². The van der Waals surface area contributed by atoms with Gasteiger partial charge in [0.25, 0.3) is 0 Å². The van der Waals surface area contributed by atoms with Crippen LogP contribution in [0.1, 0.15) is 41.8 Å². The standard InChI is InChI=1S/C26H29ClN4O2.CF2O/c1-16(2)31-21(15-25(33)30(3)4)13-19-12-18(14-22(26(19)31)23-9-10-28-29-23)24(32)11-17-5-7-20(27)8-6-17;2-1(3)4/h5-10,12,14,16,21H,11,13,15H2,1-4H3,(H,28,29);. The molecule has 3 aromatic rings. The number of ketones is 1. The molecular weight excluding hydrogens is 502 g/mol. The van der Waals surface area contributed by atoms with Gasteiger partial charge >= 0.3 is 6.29 Å². The molecule has 7 nitrogen and oxygen atoms in total. The number of hydrogen-bond donors (Lipinski definition) is 1. The predicted molar refractivity (Wildman–Crippen MR) is 140 cm³/mol. The van der Waals surface area contributed by atoms with Crippen LogP contribution < -0.4 is 4.90 Å². The minimum atomic E-state index is -2.83. The number of fused-ring (bicyclic) bond motifs is 1. The molecule has 1 aliphatic rings. The summed E-state index contributed by atoms with van der Waals surface area (Å²) in [4.78, 5) is 37.9. The van der Waals surface area contributed by atoms with Gasteiger partial charge in [0, 0.05) is 67.1 Å². The third-order valence-corrected chi connectivity index (χ3v) is 6.40. The van der Waals surface area contributed by atoms with Gasteiger partial charge < -0.3 is 9.80 Å². The number of amides is 1. The topological polar surface area (TPSA) is 86.4 Å². The van der Waals surface area contributed by atoms with E-state index in [1.165, 1.54) is 0 Å². The summed E-state index contributed by atoms with van der Waals surface area (Å²) >= 11 is 5.99. The summed E-state index contributed by atoms with van der Waals surface area (Å²) in [5, 5.41) is 7.84. The fourth-order valence-electron chi connectivity index (χ4n) is 4.59. The molecule has 0 fully saturated rings. The van der Waals surface area contributed by atoms with Crippen molar-refractivity contribution in [3.63, 3.8) is 0 Å². The monoisotopic (exact) mass is 530 g/mol. The molecular formula is C27H29ClF2N4O3. The normalized spacial score (nSPS) is 14.2. The number of benzene rings is 2. The number of aromatic nitrogens is 2. The zero-order chi connectivity index (χ0) is 27.3. The summed E-state index contributed by atoms with van der Waals surface area (Å²) in [5.74, 6) is 0.144. The van der Waals surface area contributed by atoms with Crippen molar-refractivity contribution in [3.8, 4) is 11.3 Å². The third kappa shape index (κ3) is 7.01. The molecule has 0 saturated carbocycles. The smallest absolute Gasteiger partial charge is 0.364 e. The Kier molecular flexibility index (Phi) is 9.15. The molecule has 0 saturated heterocycles. The molecule has 196 valence electrons. The molecule has 2 aromatic carbocycles. The Balaban J connectivity index is 0.000000886. The maximum Gasteiger partial charge on any atom is 0.483 e. The largest absolute Gasteiger partial charge is 0.483 e. The number of hydrogen-bond acceptors (Lipinski definition) is 5. The SMILES string of the molecule is CC(C)N1c2c(cc(C(=O)Cc3ccc(Cl)cc3)cc2-c2ccn[nH]2)CC1CC(=O)N(C)C.O=C(F)F. The van der Waals surface area contributed by atoms with Crippen LogP contribution in [0, 0.1) is 0 Å². The van der Waals surface area contributed by atoms with Crippen molar-refractivity contribution in [2.45, 2.75) is 45.2 Å². The summed E-state index contributed by atoms with van der Waals surface area (Å²) in [6.07, 6.45) is 0.326. The van der Waals surface area contributed by atoms with Crippen molar-refractivity contribution >= 4 is 35.3 Å². The fourth-order valence-corrected chi connectivity index (χ4v) is 4.71. The second-order valence-electron chi connectivity index (χ2n) is 9.31. The summed E-state index contributed by atoms with van der Waals surface area (Å²) < 4.78 is 19.4. The highest BCUT2D eigenvalue weighted by Gasteiger charge is 2.36. The van der Waals surface area contributed by atoms with Crippen molar-refractivity contribution in [3.05, 3.63) is 70.4 Å². The first kappa shape index (κ1) is 28.0. The maximum absolute atomic E-state index is 13.3. The molecule has 1 aromatic heterocycles. The van der Waals surface area contributed by atoms with E-state index < -0.39 is 6.29 Å². The van der Waals surface area contributed by atoms with Gasteiger partial charge in [0.2, 0.25) is 5.91 Å². The maximum atomic E-state index is 13.3. The van der Waals surface area contributed by atoms with Crippen molar-refractivity contribution in [1.82, 2.24) is 15.1 Å². The number of H-pyrrole nitrogens is 1. The Morgan fingerprint density at radius 3 is 2.32 bits per heavy atom. The number of nitrogens with one attached hydrogen (secondary N) is 1. The lowest BCUT2D eigenvalue weighted by Gasteiger charge is -2.33. The molecule has 4 rings (SSSR count). The van der Waals surface area contributed by atoms with Crippen LogP contribution in [0.2, 0.25) is 5.02 Å². The Labute approximate surface area is 219 Å². The van der Waals surface area contributed by atoms with Crippen LogP contribution in [0.3, 0.4) is 0 Å². The lowest BCUT2D eigenvalue weighted by molar-refractivity contribution is -0.129. The summed E-state index contributed by atoms with van der Waals surface area (Å²) in [6, 6.07) is 13.5. The summed E-state index contributed by atoms with van der Waals surface area (Å²) in [7, 11) is 3.57. The fraction of sp³-hybridized carbons (Fsp3) is 0.333. The van der Waals surface area contributed by atoms with Crippen molar-refractivity contribution in [2.75, 3.05) is 19.0 Å². The molecule has 0 bridgehead atoms. The van der Waals surface area contributed by atoms with E-state index in [9.17, 15) is 18.4 Å². The Morgan fingerprint density at radius 1 is 1.14 bits per heavy atom. The van der Waals surface area contributed by atoms with Gasteiger partial charge in [-0.1, -0.05) is 23.7 Å². The van der Waals surface area contributed by atoms with Crippen molar-refractivity contribution in [2.24, 2.45) is 0 Å². The third-order valence-electron chi connectivity index (χ3n) is 6.15. The average molecular weight is 531 g/mol. The molecule has 0 aliphatic carbocycles. The van der Waals surface area contributed by atoms with Crippen LogP contribution in [0.15, 0.2) is 48.7 Å². The van der Waals surface area contributed by atoms with Gasteiger partial charge in [-0.25, -0.2) is 4.79 Å². The molecule has 0 radical (unpaired) electrons. The zero-order valence-corrected chi connectivity index (χ0v) is 21.9. The predicted octanol–water partition coefficient (Wildman–Crippen LogP) is 5.82. The molecule has 10 heteroatoms. The molecule has 1 unspecified atom stereocenters. The Morgan fingerprint density at radius 2 is 1.78 bits per heavy atom. The number of Topliss-reactive ketones (excluding diaryl/α,β-unsaturated/α-hetero) is 1. The number of carbonyl (C=O) groups is 3. The van der Waals surface area contributed by atoms with Crippen LogP contribution in [0.4, 0.5) is 19.3 Å². The summed E-state index contributed by atoms with van der Waals surface area (Å²) in [6.45, 7) is 4.27. The van der Waals surface area contributed by atoms with Crippen LogP contribution >= 0.6 is 11.6 Å². The van der Waals surface area contributed by atoms with Gasteiger partial charge in [-0.2, -0.15) is 5.10 Å². The van der Waals surface area contributed by atoms with E-state index in [1.54, 1.807) is 37.3 Å². The van der Waals surface area contributed by atoms with Gasteiger partial charge in [0.15, 0.2) is 5.78 Å². The average Bonchev–Trinajstić information content (AvgIpc) is 3.47. The number of carbonyl (C=O) groups excluding carboxylic acids is 3. The second kappa shape index (κ2) is 12.1. The van der Waals surface area contributed by atoms with Crippen LogP contribution in [0.25, 0.3) is 11.3 Å². The van der Waals surface area contributed by atoms with E-state index in [1.807, 2.05) is 30.3 Å². The van der Waals surface area contributed by atoms with Gasteiger partial charge in [-0.15, -0.1) is 8.78 Å². The number of anilines is 1. The van der Waals surface area contributed by atoms with Crippen LogP contribution in [-0.2, 0) is 17.6 Å². The highest BCUT2D eigenvalue weighted by Crippen LogP contribution is 2.43. The lowest BCUT2D eigenvalue weighted by Crippen LogP contribution is -2.41. The van der Waals surface area contributed by atoms with E-state index in [-0.39, 0.29) is 23.8 Å². The first-order valence-corrected chi connectivity index (χ1v) is 12.1. The van der Waals surface area contributed by atoms with E-state index in [2.05, 4.69) is 28.9 Å². The van der Waals surface area contributed by atoms with E-state index in [4.69, 9.17) is 16.4 Å². The molecule has 1 N–H and O–H groups in total. The Hall–Kier alpha value is -3.59. The highest BCUT2D eigenvalue weighted by atomic mass is 35.5. The zero-order valence-electron chi connectivity index (χ0n) is 21.1. The minimum Gasteiger partial charge on any atom is -0.364 e. The van der Waals surface area contributed by atoms with Crippen LogP contribution in [0.5, 0.6) is 0 Å². The minimum absolute atomic E-state index is 0.0400. The first-order chi connectivity index (χ1) is 17.5. The Bertz CT molecular complexity index is 1260. The molecule has 1 atom stereocenters. The van der Waals surface area contributed by atoms with Gasteiger partial charge in [0.05, 0.1) is 5.69 Å². The van der Waals surface area contributed by atoms with E-state index >= 15 is 0 Å². The quantitative estimate of drug-likeness (QED) is 0.307. The first-order valence-electron chi connectivity index (χ1n) is 11.8. The molecule has 1 amide bonds. The van der Waals surface area contributed by atoms with Gasteiger partial charge in [0.1, 0.15) is 0 Å². The number of nitrogens with zero attached hydrogens (tertiary/aromatic N) is 3. The summed E-state index contributed by atoms with van der Waals surface area (Å²) in [5.41, 5.74) is 5.55. The second-order valence-corrected chi connectivity index (χ2v) is 9.74. The number of halogens is 3. The number of aromatic amines is 1. The molecule has 0 spiro atoms. The van der Waals surface area contributed by atoms with Gasteiger partial charge in [-0.05, 0) is 61.7 Å². The molecule has 2 heterocycles. The van der Waals surface area contributed by atoms with Crippen LogP contribution in [-0.4, -0.2) is 59.3 Å². The lowest BCUT2D eigenvalue weighted by atomic mass is 9.95. The van der Waals surface area contributed by atoms with Gasteiger partial charge in [-0.3, -0.25) is 14.7 Å². The molecule has 37 heavy (non-hydrogen) atoms. The number of rotatable bonds is 7. The van der Waals surface area contributed by atoms with E-state index in [0.717, 1.165) is 34.5 Å². The highest BCUT2D eigenvalue weighted by molar-refractivity contribution is 6.30.